The van der Waals surface area contributed by atoms with E-state index in [-0.39, 0.29) is 11.5 Å². The number of anilines is 1. The van der Waals surface area contributed by atoms with E-state index in [9.17, 15) is 4.79 Å². The molecule has 1 aliphatic rings. The first-order chi connectivity index (χ1) is 11.7. The number of rotatable bonds is 3. The third-order valence-electron chi connectivity index (χ3n) is 4.30. The SMILES string of the molecule is COc1cccc(C(=O)c2oc3cc4c(cc3c2N)CCCO4)c1. The van der Waals surface area contributed by atoms with E-state index in [0.717, 1.165) is 29.5 Å². The number of nitrogens with two attached hydrogens (primary N) is 1. The summed E-state index contributed by atoms with van der Waals surface area (Å²) >= 11 is 0. The number of furan rings is 1. The Morgan fingerprint density at radius 1 is 1.25 bits per heavy atom. The fraction of sp³-hybridized carbons (Fsp3) is 0.211. The van der Waals surface area contributed by atoms with Crippen LogP contribution >= 0.6 is 0 Å². The van der Waals surface area contributed by atoms with Crippen LogP contribution in [0.25, 0.3) is 11.0 Å². The molecular formula is C19H17NO4. The number of benzene rings is 2. The molecular weight excluding hydrogens is 306 g/mol. The van der Waals surface area contributed by atoms with Gasteiger partial charge in [-0.25, -0.2) is 0 Å². The molecule has 3 aromatic rings. The molecule has 0 radical (unpaired) electrons. The van der Waals surface area contributed by atoms with Crippen molar-refractivity contribution in [2.24, 2.45) is 0 Å². The number of hydrogen-bond donors (Lipinski definition) is 1. The number of ether oxygens (including phenoxy) is 2. The molecule has 122 valence electrons. The summed E-state index contributed by atoms with van der Waals surface area (Å²) in [5.41, 5.74) is 8.70. The fourth-order valence-corrected chi connectivity index (χ4v) is 3.03. The van der Waals surface area contributed by atoms with Crippen LogP contribution in [0.15, 0.2) is 40.8 Å². The summed E-state index contributed by atoms with van der Waals surface area (Å²) in [5.74, 6) is 1.31. The van der Waals surface area contributed by atoms with Gasteiger partial charge in [0.05, 0.1) is 19.4 Å². The van der Waals surface area contributed by atoms with E-state index in [1.54, 1.807) is 31.4 Å². The number of methoxy groups -OCH3 is 1. The zero-order chi connectivity index (χ0) is 16.7. The molecule has 0 fully saturated rings. The van der Waals surface area contributed by atoms with Gasteiger partial charge < -0.3 is 19.6 Å². The Morgan fingerprint density at radius 3 is 2.96 bits per heavy atom. The lowest BCUT2D eigenvalue weighted by molar-refractivity contribution is 0.101. The van der Waals surface area contributed by atoms with E-state index < -0.39 is 0 Å². The molecule has 0 amide bonds. The number of carbonyl (C=O) groups is 1. The van der Waals surface area contributed by atoms with Crippen LogP contribution in [0.4, 0.5) is 5.69 Å². The van der Waals surface area contributed by atoms with Crippen molar-refractivity contribution in [3.05, 3.63) is 53.3 Å². The molecule has 0 unspecified atom stereocenters. The maximum absolute atomic E-state index is 12.8. The Hall–Kier alpha value is -2.95. The van der Waals surface area contributed by atoms with E-state index in [1.165, 1.54) is 0 Å². The predicted molar refractivity (Wildman–Crippen MR) is 90.9 cm³/mol. The Balaban J connectivity index is 1.81. The lowest BCUT2D eigenvalue weighted by atomic mass is 10.0. The number of ketones is 1. The highest BCUT2D eigenvalue weighted by Crippen LogP contribution is 2.36. The van der Waals surface area contributed by atoms with Crippen LogP contribution in [-0.2, 0) is 6.42 Å². The lowest BCUT2D eigenvalue weighted by Crippen LogP contribution is -2.07. The number of aryl methyl sites for hydroxylation is 1. The molecule has 2 heterocycles. The summed E-state index contributed by atoms with van der Waals surface area (Å²) in [4.78, 5) is 12.8. The van der Waals surface area contributed by atoms with Crippen molar-refractivity contribution < 1.29 is 18.7 Å². The summed E-state index contributed by atoms with van der Waals surface area (Å²) < 4.78 is 16.6. The molecule has 1 aromatic heterocycles. The van der Waals surface area contributed by atoms with Gasteiger partial charge in [-0.3, -0.25) is 4.79 Å². The van der Waals surface area contributed by atoms with Gasteiger partial charge in [-0.1, -0.05) is 12.1 Å². The fourth-order valence-electron chi connectivity index (χ4n) is 3.03. The van der Waals surface area contributed by atoms with E-state index in [1.807, 2.05) is 12.1 Å². The van der Waals surface area contributed by atoms with Gasteiger partial charge in [-0.05, 0) is 36.6 Å². The molecule has 1 aliphatic heterocycles. The van der Waals surface area contributed by atoms with Crippen molar-refractivity contribution in [2.75, 3.05) is 19.5 Å². The molecule has 0 saturated carbocycles. The minimum Gasteiger partial charge on any atom is -0.497 e. The first kappa shape index (κ1) is 14.6. The van der Waals surface area contributed by atoms with Crippen molar-refractivity contribution in [3.63, 3.8) is 0 Å². The van der Waals surface area contributed by atoms with Crippen LogP contribution in [0, 0.1) is 0 Å². The van der Waals surface area contributed by atoms with Crippen LogP contribution < -0.4 is 15.2 Å². The Bertz CT molecular complexity index is 942. The van der Waals surface area contributed by atoms with E-state index >= 15 is 0 Å². The summed E-state index contributed by atoms with van der Waals surface area (Å²) in [7, 11) is 1.56. The third kappa shape index (κ3) is 2.29. The highest BCUT2D eigenvalue weighted by Gasteiger charge is 2.22. The molecule has 0 atom stereocenters. The normalized spacial score (nSPS) is 13.4. The molecule has 2 aromatic carbocycles. The van der Waals surface area contributed by atoms with Crippen molar-refractivity contribution in [3.8, 4) is 11.5 Å². The molecule has 2 N–H and O–H groups in total. The molecule has 0 bridgehead atoms. The maximum Gasteiger partial charge on any atom is 0.230 e. The number of nitrogen functional groups attached to an aromatic ring is 1. The first-order valence-corrected chi connectivity index (χ1v) is 7.84. The van der Waals surface area contributed by atoms with Gasteiger partial charge >= 0.3 is 0 Å². The molecule has 0 saturated heterocycles. The molecule has 0 aliphatic carbocycles. The standard InChI is InChI=1S/C19H17NO4/c1-22-13-6-2-4-12(8-13)18(21)19-17(20)14-9-11-5-3-7-23-15(11)10-16(14)24-19/h2,4,6,8-10H,3,5,7,20H2,1H3. The van der Waals surface area contributed by atoms with Gasteiger partial charge in [0, 0.05) is 17.0 Å². The molecule has 4 rings (SSSR count). The summed E-state index contributed by atoms with van der Waals surface area (Å²) in [6, 6.07) is 10.7. The number of hydrogen-bond acceptors (Lipinski definition) is 5. The van der Waals surface area contributed by atoms with Gasteiger partial charge in [-0.2, -0.15) is 0 Å². The van der Waals surface area contributed by atoms with E-state index in [4.69, 9.17) is 19.6 Å². The number of fused-ring (bicyclic) bond motifs is 2. The zero-order valence-electron chi connectivity index (χ0n) is 13.3. The smallest absolute Gasteiger partial charge is 0.230 e. The zero-order valence-corrected chi connectivity index (χ0v) is 13.3. The van der Waals surface area contributed by atoms with Crippen LogP contribution in [0.3, 0.4) is 0 Å². The second-order valence-corrected chi connectivity index (χ2v) is 5.81. The van der Waals surface area contributed by atoms with E-state index in [2.05, 4.69) is 0 Å². The molecule has 5 heteroatoms. The third-order valence-corrected chi connectivity index (χ3v) is 4.30. The second kappa shape index (κ2) is 5.60. The minimum absolute atomic E-state index is 0.153. The van der Waals surface area contributed by atoms with Crippen LogP contribution in [-0.4, -0.2) is 19.5 Å². The van der Waals surface area contributed by atoms with Crippen molar-refractivity contribution >= 4 is 22.4 Å². The Labute approximate surface area is 139 Å². The van der Waals surface area contributed by atoms with Crippen molar-refractivity contribution in [2.45, 2.75) is 12.8 Å². The van der Waals surface area contributed by atoms with Crippen molar-refractivity contribution in [1.82, 2.24) is 0 Å². The lowest BCUT2D eigenvalue weighted by Gasteiger charge is -2.16. The quantitative estimate of drug-likeness (QED) is 0.746. The highest BCUT2D eigenvalue weighted by atomic mass is 16.5. The Morgan fingerprint density at radius 2 is 2.12 bits per heavy atom. The van der Waals surface area contributed by atoms with E-state index in [0.29, 0.717) is 29.2 Å². The van der Waals surface area contributed by atoms with Gasteiger partial charge in [0.15, 0.2) is 5.76 Å². The van der Waals surface area contributed by atoms with Gasteiger partial charge in [0.25, 0.3) is 0 Å². The van der Waals surface area contributed by atoms with Crippen LogP contribution in [0.5, 0.6) is 11.5 Å². The topological polar surface area (TPSA) is 74.7 Å². The second-order valence-electron chi connectivity index (χ2n) is 5.81. The van der Waals surface area contributed by atoms with Crippen molar-refractivity contribution in [1.29, 1.82) is 0 Å². The van der Waals surface area contributed by atoms with Gasteiger partial charge in [0.1, 0.15) is 17.1 Å². The Kier molecular flexibility index (Phi) is 3.41. The predicted octanol–water partition coefficient (Wildman–Crippen LogP) is 3.58. The maximum atomic E-state index is 12.8. The van der Waals surface area contributed by atoms with Crippen LogP contribution in [0.2, 0.25) is 0 Å². The molecule has 24 heavy (non-hydrogen) atoms. The monoisotopic (exact) mass is 323 g/mol. The minimum atomic E-state index is -0.263. The van der Waals surface area contributed by atoms with Gasteiger partial charge in [0.2, 0.25) is 5.78 Å². The summed E-state index contributed by atoms with van der Waals surface area (Å²) in [5, 5.41) is 0.755. The average molecular weight is 323 g/mol. The van der Waals surface area contributed by atoms with Gasteiger partial charge in [-0.15, -0.1) is 0 Å². The van der Waals surface area contributed by atoms with Crippen LogP contribution in [0.1, 0.15) is 28.1 Å². The largest absolute Gasteiger partial charge is 0.497 e. The highest BCUT2D eigenvalue weighted by molar-refractivity contribution is 6.14. The average Bonchev–Trinajstić information content (AvgIpc) is 2.95. The molecule has 5 nitrogen and oxygen atoms in total. The summed E-state index contributed by atoms with van der Waals surface area (Å²) in [6.07, 6.45) is 1.92. The molecule has 0 spiro atoms. The first-order valence-electron chi connectivity index (χ1n) is 7.84. The summed E-state index contributed by atoms with van der Waals surface area (Å²) in [6.45, 7) is 0.699. The number of carbonyl (C=O) groups excluding carboxylic acids is 1.